The maximum Gasteiger partial charge on any atom is 0.313 e. The number of carboxylic acids is 1. The van der Waals surface area contributed by atoms with Crippen molar-refractivity contribution < 1.29 is 9.90 Å². The predicted molar refractivity (Wildman–Crippen MR) is 81.6 cm³/mol. The van der Waals surface area contributed by atoms with Crippen LogP contribution in [-0.4, -0.2) is 45.2 Å². The van der Waals surface area contributed by atoms with Crippen LogP contribution in [0.25, 0.3) is 0 Å². The molecule has 21 heavy (non-hydrogen) atoms. The number of nitrogens with zero attached hydrogens (tertiary/aromatic N) is 4. The third-order valence-electron chi connectivity index (χ3n) is 4.87. The molecule has 3 rings (SSSR count). The average Bonchev–Trinajstić information content (AvgIpc) is 3.11. The molecule has 0 aliphatic heterocycles. The van der Waals surface area contributed by atoms with Crippen molar-refractivity contribution >= 4 is 23.7 Å². The zero-order valence-corrected chi connectivity index (χ0v) is 13.3. The maximum absolute atomic E-state index is 10.6. The van der Waals surface area contributed by atoms with Gasteiger partial charge in [-0.25, -0.2) is 0 Å². The average molecular weight is 310 g/mol. The van der Waals surface area contributed by atoms with Crippen LogP contribution < -0.4 is 4.90 Å². The van der Waals surface area contributed by atoms with Gasteiger partial charge < -0.3 is 10.0 Å². The molecule has 0 aromatic carbocycles. The first-order chi connectivity index (χ1) is 10.0. The van der Waals surface area contributed by atoms with Crippen LogP contribution in [0.3, 0.4) is 0 Å². The van der Waals surface area contributed by atoms with Crippen LogP contribution in [-0.2, 0) is 11.8 Å². The highest BCUT2D eigenvalue weighted by molar-refractivity contribution is 7.99. The van der Waals surface area contributed by atoms with Crippen molar-refractivity contribution in [3.8, 4) is 0 Å². The summed E-state index contributed by atoms with van der Waals surface area (Å²) in [7, 11) is 3.96. The molecule has 2 saturated carbocycles. The van der Waals surface area contributed by atoms with Crippen LogP contribution in [0.4, 0.5) is 5.95 Å². The second-order valence-electron chi connectivity index (χ2n) is 6.34. The van der Waals surface area contributed by atoms with E-state index in [9.17, 15) is 4.79 Å². The number of rotatable bonds is 6. The lowest BCUT2D eigenvalue weighted by Crippen LogP contribution is -2.30. The van der Waals surface area contributed by atoms with E-state index in [0.29, 0.717) is 5.16 Å². The van der Waals surface area contributed by atoms with Crippen LogP contribution in [0.1, 0.15) is 25.7 Å². The first-order valence-electron chi connectivity index (χ1n) is 7.49. The van der Waals surface area contributed by atoms with E-state index in [4.69, 9.17) is 5.11 Å². The molecule has 2 aliphatic carbocycles. The monoisotopic (exact) mass is 310 g/mol. The van der Waals surface area contributed by atoms with Gasteiger partial charge in [-0.2, -0.15) is 0 Å². The summed E-state index contributed by atoms with van der Waals surface area (Å²) in [5.74, 6) is 2.63. The quantitative estimate of drug-likeness (QED) is 0.809. The van der Waals surface area contributed by atoms with E-state index >= 15 is 0 Å². The Balaban J connectivity index is 1.62. The summed E-state index contributed by atoms with van der Waals surface area (Å²) in [6.45, 7) is 1.02. The van der Waals surface area contributed by atoms with Crippen LogP contribution in [0.15, 0.2) is 5.16 Å². The molecule has 3 atom stereocenters. The highest BCUT2D eigenvalue weighted by Gasteiger charge is 2.40. The summed E-state index contributed by atoms with van der Waals surface area (Å²) in [5.41, 5.74) is 0. The van der Waals surface area contributed by atoms with Crippen molar-refractivity contribution in [2.45, 2.75) is 30.8 Å². The molecule has 0 radical (unpaired) electrons. The molecule has 2 aliphatic rings. The molecule has 116 valence electrons. The molecule has 2 bridgehead atoms. The Morgan fingerprint density at radius 3 is 2.86 bits per heavy atom. The zero-order chi connectivity index (χ0) is 15.0. The van der Waals surface area contributed by atoms with Gasteiger partial charge in [0.2, 0.25) is 5.95 Å². The molecule has 7 heteroatoms. The van der Waals surface area contributed by atoms with Gasteiger partial charge in [0.05, 0.1) is 5.75 Å². The van der Waals surface area contributed by atoms with Gasteiger partial charge in [0.1, 0.15) is 0 Å². The lowest BCUT2D eigenvalue weighted by atomic mass is 9.88. The van der Waals surface area contributed by atoms with E-state index in [0.717, 1.165) is 30.2 Å². The van der Waals surface area contributed by atoms with E-state index in [1.807, 2.05) is 11.6 Å². The summed E-state index contributed by atoms with van der Waals surface area (Å²) in [4.78, 5) is 12.8. The van der Waals surface area contributed by atoms with Crippen LogP contribution >= 0.6 is 11.8 Å². The number of thioether (sulfide) groups is 1. The summed E-state index contributed by atoms with van der Waals surface area (Å²) in [5, 5.41) is 17.7. The number of carboxylic acid groups (broad SMARTS) is 1. The molecule has 6 nitrogen and oxygen atoms in total. The zero-order valence-electron chi connectivity index (χ0n) is 12.5. The Hall–Kier alpha value is -1.24. The fourth-order valence-corrected chi connectivity index (χ4v) is 4.55. The molecule has 1 aromatic heterocycles. The Labute approximate surface area is 128 Å². The van der Waals surface area contributed by atoms with Gasteiger partial charge in [-0.15, -0.1) is 10.2 Å². The molecule has 0 saturated heterocycles. The van der Waals surface area contributed by atoms with Gasteiger partial charge in [0.15, 0.2) is 5.16 Å². The molecule has 2 fully saturated rings. The fraction of sp³-hybridized carbons (Fsp3) is 0.786. The topological polar surface area (TPSA) is 71.2 Å². The number of fused-ring (bicyclic) bond motifs is 2. The molecule has 1 aromatic rings. The predicted octanol–water partition coefficient (Wildman–Crippen LogP) is 1.86. The minimum atomic E-state index is -0.833. The summed E-state index contributed by atoms with van der Waals surface area (Å²) < 4.78 is 1.89. The van der Waals surface area contributed by atoms with Crippen molar-refractivity contribution in [3.05, 3.63) is 0 Å². The minimum absolute atomic E-state index is 0.0159. The van der Waals surface area contributed by atoms with E-state index in [-0.39, 0.29) is 5.75 Å². The number of hydrogen-bond donors (Lipinski definition) is 1. The fourth-order valence-electron chi connectivity index (χ4n) is 3.93. The van der Waals surface area contributed by atoms with Crippen LogP contribution in [0.5, 0.6) is 0 Å². The molecule has 3 unspecified atom stereocenters. The lowest BCUT2D eigenvalue weighted by Gasteiger charge is -2.27. The Morgan fingerprint density at radius 2 is 2.24 bits per heavy atom. The first kappa shape index (κ1) is 14.7. The van der Waals surface area contributed by atoms with Crippen molar-refractivity contribution in [3.63, 3.8) is 0 Å². The number of carbonyl (C=O) groups is 1. The van der Waals surface area contributed by atoms with Gasteiger partial charge in [0, 0.05) is 20.6 Å². The van der Waals surface area contributed by atoms with Crippen molar-refractivity contribution in [1.29, 1.82) is 0 Å². The molecule has 1 N–H and O–H groups in total. The third-order valence-corrected chi connectivity index (χ3v) is 5.88. The molecular formula is C14H22N4O2S. The summed E-state index contributed by atoms with van der Waals surface area (Å²) in [6.07, 6.45) is 5.58. The second kappa shape index (κ2) is 5.87. The smallest absolute Gasteiger partial charge is 0.313 e. The van der Waals surface area contributed by atoms with Gasteiger partial charge in [-0.3, -0.25) is 9.36 Å². The first-order valence-corrected chi connectivity index (χ1v) is 8.48. The molecule has 0 amide bonds. The summed E-state index contributed by atoms with van der Waals surface area (Å²) >= 11 is 1.21. The second-order valence-corrected chi connectivity index (χ2v) is 7.28. The normalized spacial score (nSPS) is 27.2. The number of anilines is 1. The minimum Gasteiger partial charge on any atom is -0.481 e. The highest BCUT2D eigenvalue weighted by Crippen LogP contribution is 2.48. The number of aromatic nitrogens is 3. The van der Waals surface area contributed by atoms with Crippen molar-refractivity contribution in [2.75, 3.05) is 24.2 Å². The van der Waals surface area contributed by atoms with E-state index in [1.54, 1.807) is 0 Å². The SMILES string of the molecule is CN(CC1CC2CCC1C2)c1nnc(SCC(=O)O)n1C. The Bertz CT molecular complexity index is 533. The van der Waals surface area contributed by atoms with Crippen molar-refractivity contribution in [2.24, 2.45) is 24.8 Å². The largest absolute Gasteiger partial charge is 0.481 e. The van der Waals surface area contributed by atoms with E-state index in [2.05, 4.69) is 22.1 Å². The van der Waals surface area contributed by atoms with Crippen molar-refractivity contribution in [1.82, 2.24) is 14.8 Å². The standard InChI is InChI=1S/C14H22N4O2S/c1-17(7-11-6-9-3-4-10(11)5-9)13-15-16-14(18(13)2)21-8-12(19)20/h9-11H,3-8H2,1-2H3,(H,19,20). The van der Waals surface area contributed by atoms with Crippen LogP contribution in [0, 0.1) is 17.8 Å². The Morgan fingerprint density at radius 1 is 1.43 bits per heavy atom. The van der Waals surface area contributed by atoms with Gasteiger partial charge >= 0.3 is 5.97 Å². The van der Waals surface area contributed by atoms with Gasteiger partial charge in [-0.05, 0) is 37.0 Å². The number of hydrogen-bond acceptors (Lipinski definition) is 5. The van der Waals surface area contributed by atoms with E-state index < -0.39 is 5.97 Å². The van der Waals surface area contributed by atoms with Crippen LogP contribution in [0.2, 0.25) is 0 Å². The number of aliphatic carboxylic acids is 1. The molecule has 1 heterocycles. The highest BCUT2D eigenvalue weighted by atomic mass is 32.2. The van der Waals surface area contributed by atoms with E-state index in [1.165, 1.54) is 37.4 Å². The maximum atomic E-state index is 10.6. The molecule has 0 spiro atoms. The lowest BCUT2D eigenvalue weighted by molar-refractivity contribution is -0.133. The third kappa shape index (κ3) is 3.02. The van der Waals surface area contributed by atoms with Gasteiger partial charge in [-0.1, -0.05) is 18.2 Å². The van der Waals surface area contributed by atoms with Gasteiger partial charge in [0.25, 0.3) is 0 Å². The Kier molecular flexibility index (Phi) is 4.10. The molecular weight excluding hydrogens is 288 g/mol. The summed E-state index contributed by atoms with van der Waals surface area (Å²) in [6, 6.07) is 0.